The van der Waals surface area contributed by atoms with Crippen molar-refractivity contribution in [2.75, 3.05) is 18.4 Å². The highest BCUT2D eigenvalue weighted by atomic mass is 35.5. The summed E-state index contributed by atoms with van der Waals surface area (Å²) in [6.45, 7) is 3.87. The Kier molecular flexibility index (Phi) is 4.82. The molecule has 1 aliphatic rings. The van der Waals surface area contributed by atoms with Gasteiger partial charge in [-0.25, -0.2) is 4.98 Å². The number of anilines is 2. The summed E-state index contributed by atoms with van der Waals surface area (Å²) >= 11 is 5.87. The fourth-order valence-corrected chi connectivity index (χ4v) is 2.96. The highest BCUT2D eigenvalue weighted by molar-refractivity contribution is 6.30. The zero-order valence-corrected chi connectivity index (χ0v) is 13.9. The number of rotatable bonds is 3. The average molecular weight is 330 g/mol. The lowest BCUT2D eigenvalue weighted by atomic mass is 10.00. The number of hydrogen-bond acceptors (Lipinski definition) is 3. The Hall–Kier alpha value is -2.07. The Labute approximate surface area is 141 Å². The summed E-state index contributed by atoms with van der Waals surface area (Å²) in [5.74, 6) is 1.35. The normalized spacial score (nSPS) is 17.8. The van der Waals surface area contributed by atoms with Gasteiger partial charge in [0.25, 0.3) is 5.91 Å². The van der Waals surface area contributed by atoms with Gasteiger partial charge in [-0.05, 0) is 55.2 Å². The zero-order chi connectivity index (χ0) is 16.2. The standard InChI is InChI=1S/C18H20ClN3O/c1-13-3-2-10-22(12-13)18(23)14-4-9-17(20-11-14)21-16-7-5-15(19)6-8-16/h4-9,11,13H,2-3,10,12H2,1H3,(H,20,21)/t13-/m1/s1. The molecule has 0 bridgehead atoms. The third kappa shape index (κ3) is 4.02. The van der Waals surface area contributed by atoms with Crippen LogP contribution in [0.4, 0.5) is 11.5 Å². The second-order valence-corrected chi connectivity index (χ2v) is 6.50. The SMILES string of the molecule is C[C@@H]1CCCN(C(=O)c2ccc(Nc3ccc(Cl)cc3)nc2)C1. The Bertz CT molecular complexity index is 670. The number of halogens is 1. The van der Waals surface area contributed by atoms with Crippen molar-refractivity contribution in [3.8, 4) is 0 Å². The lowest BCUT2D eigenvalue weighted by Gasteiger charge is -2.30. The summed E-state index contributed by atoms with van der Waals surface area (Å²) in [5.41, 5.74) is 1.55. The fourth-order valence-electron chi connectivity index (χ4n) is 2.83. The highest BCUT2D eigenvalue weighted by Crippen LogP contribution is 2.20. The van der Waals surface area contributed by atoms with E-state index in [0.29, 0.717) is 22.3 Å². The van der Waals surface area contributed by atoms with E-state index in [-0.39, 0.29) is 5.91 Å². The van der Waals surface area contributed by atoms with Crippen LogP contribution in [0.25, 0.3) is 0 Å². The van der Waals surface area contributed by atoms with Crippen LogP contribution >= 0.6 is 11.6 Å². The van der Waals surface area contributed by atoms with Gasteiger partial charge in [0.05, 0.1) is 5.56 Å². The number of pyridine rings is 1. The predicted molar refractivity (Wildman–Crippen MR) is 93.3 cm³/mol. The van der Waals surface area contributed by atoms with Crippen LogP contribution in [-0.2, 0) is 0 Å². The molecule has 1 aromatic heterocycles. The maximum absolute atomic E-state index is 12.5. The van der Waals surface area contributed by atoms with E-state index in [1.165, 1.54) is 6.42 Å². The molecule has 120 valence electrons. The van der Waals surface area contributed by atoms with Crippen LogP contribution in [0.1, 0.15) is 30.1 Å². The van der Waals surface area contributed by atoms with Crippen molar-refractivity contribution in [3.63, 3.8) is 0 Å². The Balaban J connectivity index is 1.66. The van der Waals surface area contributed by atoms with Crippen molar-refractivity contribution >= 4 is 29.0 Å². The Morgan fingerprint density at radius 3 is 2.70 bits per heavy atom. The number of amides is 1. The summed E-state index contributed by atoms with van der Waals surface area (Å²) < 4.78 is 0. The minimum atomic E-state index is 0.0714. The van der Waals surface area contributed by atoms with Crippen LogP contribution < -0.4 is 5.32 Å². The molecule has 0 unspecified atom stereocenters. The van der Waals surface area contributed by atoms with E-state index < -0.39 is 0 Å². The molecule has 2 heterocycles. The first-order valence-electron chi connectivity index (χ1n) is 7.90. The molecule has 1 fully saturated rings. The third-order valence-corrected chi connectivity index (χ3v) is 4.32. The van der Waals surface area contributed by atoms with Gasteiger partial charge < -0.3 is 10.2 Å². The number of carbonyl (C=O) groups excluding carboxylic acids is 1. The first kappa shape index (κ1) is 15.8. The van der Waals surface area contributed by atoms with Crippen molar-refractivity contribution in [2.24, 2.45) is 5.92 Å². The Morgan fingerprint density at radius 1 is 1.26 bits per heavy atom. The molecule has 2 aromatic rings. The number of hydrogen-bond donors (Lipinski definition) is 1. The average Bonchev–Trinajstić information content (AvgIpc) is 2.57. The van der Waals surface area contributed by atoms with Gasteiger partial charge in [-0.2, -0.15) is 0 Å². The van der Waals surface area contributed by atoms with Crippen molar-refractivity contribution in [1.82, 2.24) is 9.88 Å². The van der Waals surface area contributed by atoms with Crippen molar-refractivity contribution in [1.29, 1.82) is 0 Å². The van der Waals surface area contributed by atoms with Gasteiger partial charge in [0.1, 0.15) is 5.82 Å². The second kappa shape index (κ2) is 7.01. The van der Waals surface area contributed by atoms with Gasteiger partial charge in [-0.15, -0.1) is 0 Å². The van der Waals surface area contributed by atoms with E-state index in [1.54, 1.807) is 6.20 Å². The molecule has 5 heteroatoms. The highest BCUT2D eigenvalue weighted by Gasteiger charge is 2.22. The molecule has 0 aliphatic carbocycles. The minimum absolute atomic E-state index is 0.0714. The summed E-state index contributed by atoms with van der Waals surface area (Å²) in [6.07, 6.45) is 3.92. The van der Waals surface area contributed by atoms with Gasteiger partial charge in [0.15, 0.2) is 0 Å². The molecule has 23 heavy (non-hydrogen) atoms. The minimum Gasteiger partial charge on any atom is -0.340 e. The largest absolute Gasteiger partial charge is 0.340 e. The van der Waals surface area contributed by atoms with Gasteiger partial charge in [0.2, 0.25) is 0 Å². The summed E-state index contributed by atoms with van der Waals surface area (Å²) in [5, 5.41) is 3.88. The molecule has 0 saturated carbocycles. The topological polar surface area (TPSA) is 45.2 Å². The fraction of sp³-hybridized carbons (Fsp3) is 0.333. The smallest absolute Gasteiger partial charge is 0.255 e. The van der Waals surface area contributed by atoms with Gasteiger partial charge in [-0.1, -0.05) is 18.5 Å². The summed E-state index contributed by atoms with van der Waals surface area (Å²) in [6, 6.07) is 11.1. The quantitative estimate of drug-likeness (QED) is 0.910. The van der Waals surface area contributed by atoms with Crippen LogP contribution in [0.5, 0.6) is 0 Å². The Morgan fingerprint density at radius 2 is 2.04 bits per heavy atom. The summed E-state index contributed by atoms with van der Waals surface area (Å²) in [4.78, 5) is 18.8. The molecule has 1 amide bonds. The number of piperidine rings is 1. The van der Waals surface area contributed by atoms with Crippen LogP contribution in [0.2, 0.25) is 5.02 Å². The molecular formula is C18H20ClN3O. The monoisotopic (exact) mass is 329 g/mol. The molecule has 3 rings (SSSR count). The molecular weight excluding hydrogens is 310 g/mol. The van der Waals surface area contributed by atoms with Crippen LogP contribution in [0.3, 0.4) is 0 Å². The zero-order valence-electron chi connectivity index (χ0n) is 13.1. The van der Waals surface area contributed by atoms with Crippen LogP contribution in [0, 0.1) is 5.92 Å². The molecule has 0 radical (unpaired) electrons. The maximum atomic E-state index is 12.5. The summed E-state index contributed by atoms with van der Waals surface area (Å²) in [7, 11) is 0. The molecule has 1 aliphatic heterocycles. The van der Waals surface area contributed by atoms with Gasteiger partial charge in [-0.3, -0.25) is 4.79 Å². The van der Waals surface area contributed by atoms with Crippen LogP contribution in [0.15, 0.2) is 42.6 Å². The first-order valence-corrected chi connectivity index (χ1v) is 8.27. The molecule has 1 atom stereocenters. The van der Waals surface area contributed by atoms with Crippen molar-refractivity contribution in [2.45, 2.75) is 19.8 Å². The number of benzene rings is 1. The molecule has 1 N–H and O–H groups in total. The van der Waals surface area contributed by atoms with Crippen molar-refractivity contribution in [3.05, 3.63) is 53.2 Å². The first-order chi connectivity index (χ1) is 11.1. The number of nitrogens with zero attached hydrogens (tertiary/aromatic N) is 2. The molecule has 1 aromatic carbocycles. The number of carbonyl (C=O) groups is 1. The second-order valence-electron chi connectivity index (χ2n) is 6.06. The van der Waals surface area contributed by atoms with E-state index in [9.17, 15) is 4.79 Å². The van der Waals surface area contributed by atoms with E-state index in [2.05, 4.69) is 17.2 Å². The van der Waals surface area contributed by atoms with Crippen LogP contribution in [-0.4, -0.2) is 28.9 Å². The lowest BCUT2D eigenvalue weighted by Crippen LogP contribution is -2.39. The van der Waals surface area contributed by atoms with E-state index in [0.717, 1.165) is 25.2 Å². The van der Waals surface area contributed by atoms with Gasteiger partial charge in [0, 0.05) is 30.0 Å². The lowest BCUT2D eigenvalue weighted by molar-refractivity contribution is 0.0682. The number of likely N-dealkylation sites (tertiary alicyclic amines) is 1. The maximum Gasteiger partial charge on any atom is 0.255 e. The third-order valence-electron chi connectivity index (χ3n) is 4.07. The number of aromatic nitrogens is 1. The molecule has 4 nitrogen and oxygen atoms in total. The van der Waals surface area contributed by atoms with Gasteiger partial charge >= 0.3 is 0 Å². The van der Waals surface area contributed by atoms with E-state index in [4.69, 9.17) is 11.6 Å². The number of nitrogens with one attached hydrogen (secondary N) is 1. The van der Waals surface area contributed by atoms with E-state index in [1.807, 2.05) is 41.3 Å². The van der Waals surface area contributed by atoms with E-state index >= 15 is 0 Å². The molecule has 1 saturated heterocycles. The molecule has 0 spiro atoms. The van der Waals surface area contributed by atoms with Crippen molar-refractivity contribution < 1.29 is 4.79 Å². The predicted octanol–water partition coefficient (Wildman–Crippen LogP) is 4.35.